The fraction of sp³-hybridized carbons (Fsp3) is 0.176. The Morgan fingerprint density at radius 3 is 2.86 bits per heavy atom. The van der Waals surface area contributed by atoms with Gasteiger partial charge in [-0.3, -0.25) is 9.48 Å². The second kappa shape index (κ2) is 6.20. The van der Waals surface area contributed by atoms with E-state index in [1.165, 1.54) is 0 Å². The summed E-state index contributed by atoms with van der Waals surface area (Å²) in [5.74, 6) is -0.0757. The van der Waals surface area contributed by atoms with E-state index in [0.29, 0.717) is 11.6 Å². The fourth-order valence-electron chi connectivity index (χ4n) is 2.45. The zero-order valence-electron chi connectivity index (χ0n) is 12.2. The zero-order chi connectivity index (χ0) is 15.5. The SMILES string of the molecule is Cc1nn(CC(=O)NCc2cccc(Cl)c2)c2ccccc12. The van der Waals surface area contributed by atoms with E-state index in [4.69, 9.17) is 11.6 Å². The molecule has 0 spiro atoms. The number of aromatic nitrogens is 2. The molecule has 0 saturated carbocycles. The van der Waals surface area contributed by atoms with Gasteiger partial charge < -0.3 is 5.32 Å². The van der Waals surface area contributed by atoms with Gasteiger partial charge in [0, 0.05) is 17.0 Å². The van der Waals surface area contributed by atoms with Crippen LogP contribution >= 0.6 is 11.6 Å². The van der Waals surface area contributed by atoms with Crippen LogP contribution in [0.1, 0.15) is 11.3 Å². The number of amides is 1. The van der Waals surface area contributed by atoms with Crippen LogP contribution in [0.3, 0.4) is 0 Å². The van der Waals surface area contributed by atoms with Crippen molar-refractivity contribution in [2.24, 2.45) is 0 Å². The number of para-hydroxylation sites is 1. The molecule has 4 nitrogen and oxygen atoms in total. The number of benzene rings is 2. The molecule has 1 aromatic heterocycles. The van der Waals surface area contributed by atoms with E-state index in [9.17, 15) is 4.79 Å². The molecule has 0 saturated heterocycles. The molecule has 5 heteroatoms. The minimum absolute atomic E-state index is 0.0757. The second-order valence-corrected chi connectivity index (χ2v) is 5.60. The van der Waals surface area contributed by atoms with Crippen molar-refractivity contribution in [1.82, 2.24) is 15.1 Å². The number of aryl methyl sites for hydroxylation is 1. The van der Waals surface area contributed by atoms with Gasteiger partial charge in [-0.15, -0.1) is 0 Å². The number of halogens is 1. The lowest BCUT2D eigenvalue weighted by Gasteiger charge is -2.07. The Morgan fingerprint density at radius 2 is 2.05 bits per heavy atom. The van der Waals surface area contributed by atoms with Crippen LogP contribution in [-0.4, -0.2) is 15.7 Å². The number of rotatable bonds is 4. The summed E-state index contributed by atoms with van der Waals surface area (Å²) < 4.78 is 1.73. The van der Waals surface area contributed by atoms with Gasteiger partial charge in [0.25, 0.3) is 0 Å². The van der Waals surface area contributed by atoms with Gasteiger partial charge in [-0.05, 0) is 30.7 Å². The van der Waals surface area contributed by atoms with E-state index in [2.05, 4.69) is 10.4 Å². The molecule has 0 aliphatic rings. The Hall–Kier alpha value is -2.33. The molecule has 0 radical (unpaired) electrons. The maximum Gasteiger partial charge on any atom is 0.242 e. The van der Waals surface area contributed by atoms with Crippen LogP contribution < -0.4 is 5.32 Å². The van der Waals surface area contributed by atoms with Crippen molar-refractivity contribution in [3.05, 3.63) is 64.8 Å². The zero-order valence-corrected chi connectivity index (χ0v) is 13.0. The molecular weight excluding hydrogens is 298 g/mol. The van der Waals surface area contributed by atoms with Crippen LogP contribution in [0.4, 0.5) is 0 Å². The molecule has 1 amide bonds. The van der Waals surface area contributed by atoms with Gasteiger partial charge in [0.2, 0.25) is 5.91 Å². The van der Waals surface area contributed by atoms with Crippen molar-refractivity contribution in [2.75, 3.05) is 0 Å². The lowest BCUT2D eigenvalue weighted by Crippen LogP contribution is -2.27. The number of fused-ring (bicyclic) bond motifs is 1. The lowest BCUT2D eigenvalue weighted by atomic mass is 10.2. The number of carbonyl (C=O) groups is 1. The summed E-state index contributed by atoms with van der Waals surface area (Å²) >= 11 is 5.93. The molecule has 0 aliphatic carbocycles. The summed E-state index contributed by atoms with van der Waals surface area (Å²) in [4.78, 5) is 12.1. The summed E-state index contributed by atoms with van der Waals surface area (Å²) in [5, 5.41) is 9.07. The number of hydrogen-bond acceptors (Lipinski definition) is 2. The van der Waals surface area contributed by atoms with Crippen molar-refractivity contribution in [3.8, 4) is 0 Å². The molecule has 2 aromatic carbocycles. The lowest BCUT2D eigenvalue weighted by molar-refractivity contribution is -0.121. The smallest absolute Gasteiger partial charge is 0.242 e. The van der Waals surface area contributed by atoms with Gasteiger partial charge in [0.15, 0.2) is 0 Å². The monoisotopic (exact) mass is 313 g/mol. The molecule has 0 unspecified atom stereocenters. The van der Waals surface area contributed by atoms with E-state index >= 15 is 0 Å². The Balaban J connectivity index is 1.68. The van der Waals surface area contributed by atoms with E-state index in [1.54, 1.807) is 4.68 Å². The highest BCUT2D eigenvalue weighted by atomic mass is 35.5. The molecule has 0 bridgehead atoms. The van der Waals surface area contributed by atoms with Crippen LogP contribution in [0.2, 0.25) is 5.02 Å². The summed E-state index contributed by atoms with van der Waals surface area (Å²) in [6.45, 7) is 2.61. The molecule has 22 heavy (non-hydrogen) atoms. The predicted octanol–water partition coefficient (Wildman–Crippen LogP) is 3.31. The number of carbonyl (C=O) groups excluding carboxylic acids is 1. The largest absolute Gasteiger partial charge is 0.350 e. The van der Waals surface area contributed by atoms with Gasteiger partial charge in [0.1, 0.15) is 6.54 Å². The third kappa shape index (κ3) is 3.12. The summed E-state index contributed by atoms with van der Waals surface area (Å²) in [7, 11) is 0. The third-order valence-electron chi connectivity index (χ3n) is 3.51. The Morgan fingerprint density at radius 1 is 1.23 bits per heavy atom. The van der Waals surface area contributed by atoms with Crippen molar-refractivity contribution in [1.29, 1.82) is 0 Å². The maximum atomic E-state index is 12.1. The Labute approximate surface area is 133 Å². The van der Waals surface area contributed by atoms with Crippen molar-refractivity contribution < 1.29 is 4.79 Å². The number of nitrogens with zero attached hydrogens (tertiary/aromatic N) is 2. The Kier molecular flexibility index (Phi) is 4.11. The van der Waals surface area contributed by atoms with Gasteiger partial charge in [-0.2, -0.15) is 5.10 Å². The summed E-state index contributed by atoms with van der Waals surface area (Å²) in [5.41, 5.74) is 2.87. The number of nitrogens with one attached hydrogen (secondary N) is 1. The van der Waals surface area contributed by atoms with E-state index in [0.717, 1.165) is 22.2 Å². The highest BCUT2D eigenvalue weighted by Crippen LogP contribution is 2.17. The normalized spacial score (nSPS) is 10.8. The molecule has 0 atom stereocenters. The van der Waals surface area contributed by atoms with E-state index < -0.39 is 0 Å². The van der Waals surface area contributed by atoms with Gasteiger partial charge in [0.05, 0.1) is 11.2 Å². The van der Waals surface area contributed by atoms with Gasteiger partial charge in [-0.1, -0.05) is 41.9 Å². The number of hydrogen-bond donors (Lipinski definition) is 1. The molecule has 0 aliphatic heterocycles. The second-order valence-electron chi connectivity index (χ2n) is 5.17. The van der Waals surface area contributed by atoms with Crippen LogP contribution in [0, 0.1) is 6.92 Å². The predicted molar refractivity (Wildman–Crippen MR) is 87.8 cm³/mol. The van der Waals surface area contributed by atoms with Crippen LogP contribution in [0.15, 0.2) is 48.5 Å². The van der Waals surface area contributed by atoms with Crippen LogP contribution in [0.25, 0.3) is 10.9 Å². The average molecular weight is 314 g/mol. The quantitative estimate of drug-likeness (QED) is 0.803. The summed E-state index contributed by atoms with van der Waals surface area (Å²) in [6, 6.07) is 15.4. The minimum Gasteiger partial charge on any atom is -0.350 e. The molecule has 0 fully saturated rings. The first kappa shape index (κ1) is 14.6. The minimum atomic E-state index is -0.0757. The first-order chi connectivity index (χ1) is 10.6. The molecule has 3 rings (SSSR count). The highest BCUT2D eigenvalue weighted by molar-refractivity contribution is 6.30. The topological polar surface area (TPSA) is 46.9 Å². The first-order valence-electron chi connectivity index (χ1n) is 7.07. The van der Waals surface area contributed by atoms with E-state index in [1.807, 2.05) is 55.5 Å². The summed E-state index contributed by atoms with van der Waals surface area (Å²) in [6.07, 6.45) is 0. The molecule has 1 heterocycles. The van der Waals surface area contributed by atoms with Gasteiger partial charge >= 0.3 is 0 Å². The maximum absolute atomic E-state index is 12.1. The molecule has 112 valence electrons. The van der Waals surface area contributed by atoms with Crippen LogP contribution in [-0.2, 0) is 17.9 Å². The van der Waals surface area contributed by atoms with Crippen LogP contribution in [0.5, 0.6) is 0 Å². The highest BCUT2D eigenvalue weighted by Gasteiger charge is 2.10. The van der Waals surface area contributed by atoms with Crippen molar-refractivity contribution in [2.45, 2.75) is 20.0 Å². The molecular formula is C17H16ClN3O. The standard InChI is InChI=1S/C17H16ClN3O/c1-12-15-7-2-3-8-16(15)21(20-12)11-17(22)19-10-13-5-4-6-14(18)9-13/h2-9H,10-11H2,1H3,(H,19,22). The van der Waals surface area contributed by atoms with Crippen molar-refractivity contribution in [3.63, 3.8) is 0 Å². The first-order valence-corrected chi connectivity index (χ1v) is 7.44. The van der Waals surface area contributed by atoms with Gasteiger partial charge in [-0.25, -0.2) is 0 Å². The third-order valence-corrected chi connectivity index (χ3v) is 3.75. The Bertz CT molecular complexity index is 826. The van der Waals surface area contributed by atoms with Crippen molar-refractivity contribution >= 4 is 28.4 Å². The molecule has 1 N–H and O–H groups in total. The average Bonchev–Trinajstić information content (AvgIpc) is 2.82. The molecule has 3 aromatic rings. The van der Waals surface area contributed by atoms with E-state index in [-0.39, 0.29) is 12.5 Å². The fourth-order valence-corrected chi connectivity index (χ4v) is 2.67.